The number of nitriles is 1. The van der Waals surface area contributed by atoms with E-state index in [9.17, 15) is 0 Å². The monoisotopic (exact) mass is 189 g/mol. The second-order valence-corrected chi connectivity index (χ2v) is 3.32. The molecule has 2 nitrogen and oxygen atoms in total. The molecule has 0 saturated carbocycles. The Kier molecular flexibility index (Phi) is 3.53. The van der Waals surface area contributed by atoms with E-state index >= 15 is 0 Å². The van der Waals surface area contributed by atoms with Crippen LogP contribution < -0.4 is 4.74 Å². The van der Waals surface area contributed by atoms with Crippen LogP contribution in [0.2, 0.25) is 0 Å². The number of benzene rings is 1. The van der Waals surface area contributed by atoms with Crippen molar-refractivity contribution in [2.45, 2.75) is 27.2 Å². The highest BCUT2D eigenvalue weighted by Gasteiger charge is 2.05. The molecule has 0 amide bonds. The highest BCUT2D eigenvalue weighted by Crippen LogP contribution is 2.23. The fourth-order valence-corrected chi connectivity index (χ4v) is 1.29. The molecule has 0 spiro atoms. The van der Waals surface area contributed by atoms with Crippen LogP contribution in [0.25, 0.3) is 0 Å². The van der Waals surface area contributed by atoms with Gasteiger partial charge in [0.2, 0.25) is 0 Å². The zero-order chi connectivity index (χ0) is 10.6. The van der Waals surface area contributed by atoms with Crippen LogP contribution >= 0.6 is 0 Å². The van der Waals surface area contributed by atoms with Crippen LogP contribution in [-0.2, 0) is 0 Å². The lowest BCUT2D eigenvalue weighted by molar-refractivity contribution is 0.315. The van der Waals surface area contributed by atoms with E-state index in [0.717, 1.165) is 35.5 Å². The van der Waals surface area contributed by atoms with Gasteiger partial charge >= 0.3 is 0 Å². The molecular weight excluding hydrogens is 174 g/mol. The van der Waals surface area contributed by atoms with Crippen molar-refractivity contribution in [1.29, 1.82) is 5.26 Å². The number of ether oxygens (including phenoxy) is 1. The van der Waals surface area contributed by atoms with Crippen molar-refractivity contribution in [2.24, 2.45) is 0 Å². The van der Waals surface area contributed by atoms with Crippen LogP contribution in [0, 0.1) is 25.2 Å². The van der Waals surface area contributed by atoms with Crippen LogP contribution in [0.1, 0.15) is 30.0 Å². The Bertz CT molecular complexity index is 363. The fourth-order valence-electron chi connectivity index (χ4n) is 1.29. The van der Waals surface area contributed by atoms with E-state index in [4.69, 9.17) is 10.00 Å². The highest BCUT2D eigenvalue weighted by atomic mass is 16.5. The molecule has 0 heterocycles. The van der Waals surface area contributed by atoms with Crippen molar-refractivity contribution in [3.05, 3.63) is 28.8 Å². The minimum Gasteiger partial charge on any atom is -0.493 e. The summed E-state index contributed by atoms with van der Waals surface area (Å²) < 4.78 is 5.56. The number of nitrogens with zero attached hydrogens (tertiary/aromatic N) is 1. The molecule has 0 radical (unpaired) electrons. The molecule has 0 atom stereocenters. The predicted molar refractivity (Wildman–Crippen MR) is 56.4 cm³/mol. The maximum atomic E-state index is 8.82. The molecule has 0 bridgehead atoms. The lowest BCUT2D eigenvalue weighted by Gasteiger charge is -2.10. The number of hydrogen-bond acceptors (Lipinski definition) is 2. The summed E-state index contributed by atoms with van der Waals surface area (Å²) in [7, 11) is 0. The number of hydrogen-bond donors (Lipinski definition) is 0. The largest absolute Gasteiger partial charge is 0.493 e. The Balaban J connectivity index is 3.00. The van der Waals surface area contributed by atoms with E-state index < -0.39 is 0 Å². The summed E-state index contributed by atoms with van der Waals surface area (Å²) in [5.74, 6) is 0.892. The van der Waals surface area contributed by atoms with Gasteiger partial charge in [0, 0.05) is 0 Å². The van der Waals surface area contributed by atoms with Gasteiger partial charge in [0.1, 0.15) is 5.75 Å². The Morgan fingerprint density at radius 2 is 2.00 bits per heavy atom. The average molecular weight is 189 g/mol. The first-order chi connectivity index (χ1) is 6.70. The third-order valence-electron chi connectivity index (χ3n) is 2.32. The molecule has 0 aliphatic carbocycles. The summed E-state index contributed by atoms with van der Waals surface area (Å²) in [6.45, 7) is 6.74. The van der Waals surface area contributed by atoms with Crippen LogP contribution in [0.4, 0.5) is 0 Å². The first kappa shape index (κ1) is 10.6. The Hall–Kier alpha value is -1.49. The summed E-state index contributed by atoms with van der Waals surface area (Å²) in [5, 5.41) is 8.82. The molecule has 1 rings (SSSR count). The maximum absolute atomic E-state index is 8.82. The smallest absolute Gasteiger partial charge is 0.122 e. The molecule has 0 aliphatic rings. The van der Waals surface area contributed by atoms with Crippen molar-refractivity contribution in [2.75, 3.05) is 6.61 Å². The molecule has 0 aliphatic heterocycles. The van der Waals surface area contributed by atoms with E-state index in [2.05, 4.69) is 13.0 Å². The Morgan fingerprint density at radius 1 is 1.29 bits per heavy atom. The zero-order valence-electron chi connectivity index (χ0n) is 8.92. The first-order valence-corrected chi connectivity index (χ1v) is 4.83. The van der Waals surface area contributed by atoms with Gasteiger partial charge in [0.05, 0.1) is 18.2 Å². The Morgan fingerprint density at radius 3 is 2.57 bits per heavy atom. The van der Waals surface area contributed by atoms with E-state index in [-0.39, 0.29) is 0 Å². The van der Waals surface area contributed by atoms with E-state index in [1.54, 1.807) is 0 Å². The van der Waals surface area contributed by atoms with Gasteiger partial charge in [-0.05, 0) is 43.5 Å². The molecule has 0 aromatic heterocycles. The molecular formula is C12H15NO. The van der Waals surface area contributed by atoms with Gasteiger partial charge in [-0.1, -0.05) is 6.92 Å². The predicted octanol–water partition coefficient (Wildman–Crippen LogP) is 2.96. The normalized spacial score (nSPS) is 9.57. The average Bonchev–Trinajstić information content (AvgIpc) is 2.20. The lowest BCUT2D eigenvalue weighted by Crippen LogP contribution is -1.99. The summed E-state index contributed by atoms with van der Waals surface area (Å²) in [5.41, 5.74) is 2.81. The second-order valence-electron chi connectivity index (χ2n) is 3.32. The van der Waals surface area contributed by atoms with Crippen molar-refractivity contribution < 1.29 is 4.74 Å². The van der Waals surface area contributed by atoms with Gasteiger partial charge < -0.3 is 4.74 Å². The molecule has 0 fully saturated rings. The molecule has 1 aromatic rings. The van der Waals surface area contributed by atoms with E-state index in [1.807, 2.05) is 26.0 Å². The summed E-state index contributed by atoms with van der Waals surface area (Å²) in [6, 6.07) is 5.85. The molecule has 0 unspecified atom stereocenters. The summed E-state index contributed by atoms with van der Waals surface area (Å²) in [4.78, 5) is 0. The SMILES string of the molecule is CCCOc1ccc(C#N)c(C)c1C. The third-order valence-corrected chi connectivity index (χ3v) is 2.32. The van der Waals surface area contributed by atoms with Crippen LogP contribution in [0.3, 0.4) is 0 Å². The minimum atomic E-state index is 0.728. The first-order valence-electron chi connectivity index (χ1n) is 4.83. The zero-order valence-corrected chi connectivity index (χ0v) is 8.92. The van der Waals surface area contributed by atoms with Gasteiger partial charge in [0.15, 0.2) is 0 Å². The van der Waals surface area contributed by atoms with Crippen LogP contribution in [-0.4, -0.2) is 6.61 Å². The third kappa shape index (κ3) is 2.05. The molecule has 0 N–H and O–H groups in total. The molecule has 2 heteroatoms. The van der Waals surface area contributed by atoms with Crippen LogP contribution in [0.15, 0.2) is 12.1 Å². The lowest BCUT2D eigenvalue weighted by atomic mass is 10.0. The molecule has 1 aromatic carbocycles. The van der Waals surface area contributed by atoms with Gasteiger partial charge in [-0.3, -0.25) is 0 Å². The molecule has 74 valence electrons. The quantitative estimate of drug-likeness (QED) is 0.732. The van der Waals surface area contributed by atoms with Gasteiger partial charge in [-0.15, -0.1) is 0 Å². The summed E-state index contributed by atoms with van der Waals surface area (Å²) in [6.07, 6.45) is 0.999. The van der Waals surface area contributed by atoms with Crippen molar-refractivity contribution >= 4 is 0 Å². The highest BCUT2D eigenvalue weighted by molar-refractivity contribution is 5.48. The fraction of sp³-hybridized carbons (Fsp3) is 0.417. The van der Waals surface area contributed by atoms with Gasteiger partial charge in [-0.2, -0.15) is 5.26 Å². The van der Waals surface area contributed by atoms with Gasteiger partial charge in [-0.25, -0.2) is 0 Å². The minimum absolute atomic E-state index is 0.728. The second kappa shape index (κ2) is 4.66. The van der Waals surface area contributed by atoms with Crippen LogP contribution in [0.5, 0.6) is 5.75 Å². The van der Waals surface area contributed by atoms with Crippen molar-refractivity contribution in [1.82, 2.24) is 0 Å². The number of rotatable bonds is 3. The molecule has 14 heavy (non-hydrogen) atoms. The topological polar surface area (TPSA) is 33.0 Å². The van der Waals surface area contributed by atoms with Crippen molar-refractivity contribution in [3.8, 4) is 11.8 Å². The standard InChI is InChI=1S/C12H15NO/c1-4-7-14-12-6-5-11(8-13)9(2)10(12)3/h5-6H,4,7H2,1-3H3. The Labute approximate surface area is 85.1 Å². The summed E-state index contributed by atoms with van der Waals surface area (Å²) >= 11 is 0. The maximum Gasteiger partial charge on any atom is 0.122 e. The van der Waals surface area contributed by atoms with Gasteiger partial charge in [0.25, 0.3) is 0 Å². The van der Waals surface area contributed by atoms with Crippen molar-refractivity contribution in [3.63, 3.8) is 0 Å². The van der Waals surface area contributed by atoms with E-state index in [1.165, 1.54) is 0 Å². The molecule has 0 saturated heterocycles. The van der Waals surface area contributed by atoms with E-state index in [0.29, 0.717) is 0 Å².